The molecule has 37 heavy (non-hydrogen) atoms. The normalized spacial score (nSPS) is 10.5. The maximum absolute atomic E-state index is 12.6. The predicted octanol–water partition coefficient (Wildman–Crippen LogP) is 6.51. The second kappa shape index (κ2) is 15.3. The van der Waals surface area contributed by atoms with Crippen molar-refractivity contribution in [2.75, 3.05) is 37.5 Å². The molecular weight excluding hydrogens is 464 g/mol. The van der Waals surface area contributed by atoms with Crippen LogP contribution in [0.3, 0.4) is 0 Å². The van der Waals surface area contributed by atoms with Crippen LogP contribution in [-0.4, -0.2) is 39.2 Å². The number of nitrogens with zero attached hydrogens (tertiary/aromatic N) is 1. The van der Waals surface area contributed by atoms with Crippen LogP contribution in [0.25, 0.3) is 0 Å². The number of para-hydroxylation sites is 2. The molecule has 0 saturated heterocycles. The molecular formula is C31H38N2O4. The van der Waals surface area contributed by atoms with Crippen LogP contribution in [0.5, 0.6) is 5.75 Å². The van der Waals surface area contributed by atoms with Gasteiger partial charge in [0.25, 0.3) is 5.91 Å². The first-order valence-corrected chi connectivity index (χ1v) is 13.0. The number of unbranched alkanes of at least 4 members (excludes halogenated alkanes) is 5. The van der Waals surface area contributed by atoms with E-state index >= 15 is 0 Å². The quantitative estimate of drug-likeness (QED) is 0.190. The number of ether oxygens (including phenoxy) is 2. The Bertz CT molecular complexity index is 1100. The maximum Gasteiger partial charge on any atom is 0.310 e. The summed E-state index contributed by atoms with van der Waals surface area (Å²) < 4.78 is 11.3. The molecule has 0 bridgehead atoms. The fraction of sp³-hybridized carbons (Fsp3) is 0.355. The molecule has 196 valence electrons. The van der Waals surface area contributed by atoms with E-state index in [4.69, 9.17) is 9.47 Å². The molecule has 1 amide bonds. The SMILES string of the molecule is CN(C)c1ccc(CC(=O)OCCCCCCCCOc2ccccc2C(=O)Nc2ccccc2)cc1. The minimum absolute atomic E-state index is 0.174. The number of benzene rings is 3. The lowest BCUT2D eigenvalue weighted by atomic mass is 10.1. The highest BCUT2D eigenvalue weighted by Gasteiger charge is 2.12. The molecule has 0 radical (unpaired) electrons. The zero-order valence-corrected chi connectivity index (χ0v) is 21.9. The number of amides is 1. The summed E-state index contributed by atoms with van der Waals surface area (Å²) in [6.07, 6.45) is 6.41. The lowest BCUT2D eigenvalue weighted by Gasteiger charge is -2.12. The second-order valence-corrected chi connectivity index (χ2v) is 9.24. The average Bonchev–Trinajstić information content (AvgIpc) is 2.91. The zero-order chi connectivity index (χ0) is 26.3. The maximum atomic E-state index is 12.6. The van der Waals surface area contributed by atoms with Gasteiger partial charge in [-0.1, -0.05) is 68.1 Å². The highest BCUT2D eigenvalue weighted by Crippen LogP contribution is 2.20. The Morgan fingerprint density at radius 3 is 2.05 bits per heavy atom. The minimum Gasteiger partial charge on any atom is -0.493 e. The van der Waals surface area contributed by atoms with Crippen LogP contribution in [0.1, 0.15) is 54.4 Å². The van der Waals surface area contributed by atoms with Crippen LogP contribution in [0.15, 0.2) is 78.9 Å². The van der Waals surface area contributed by atoms with Crippen LogP contribution in [0.4, 0.5) is 11.4 Å². The van der Waals surface area contributed by atoms with Gasteiger partial charge in [0.2, 0.25) is 0 Å². The molecule has 0 saturated carbocycles. The average molecular weight is 503 g/mol. The van der Waals surface area contributed by atoms with Gasteiger partial charge in [0, 0.05) is 25.5 Å². The summed E-state index contributed by atoms with van der Waals surface area (Å²) in [5, 5.41) is 2.91. The number of hydrogen-bond acceptors (Lipinski definition) is 5. The van der Waals surface area contributed by atoms with Gasteiger partial charge in [-0.05, 0) is 54.8 Å². The number of carbonyl (C=O) groups is 2. The van der Waals surface area contributed by atoms with Gasteiger partial charge in [-0.15, -0.1) is 0 Å². The van der Waals surface area contributed by atoms with Gasteiger partial charge in [0.05, 0.1) is 25.2 Å². The monoisotopic (exact) mass is 502 g/mol. The summed E-state index contributed by atoms with van der Waals surface area (Å²) in [5.41, 5.74) is 3.37. The summed E-state index contributed by atoms with van der Waals surface area (Å²) in [7, 11) is 3.99. The summed E-state index contributed by atoms with van der Waals surface area (Å²) in [6.45, 7) is 1.04. The standard InChI is InChI=1S/C31H38N2O4/c1-33(2)27-20-18-25(19-21-27)24-30(34)37-23-13-6-4-3-5-12-22-36-29-17-11-10-16-28(29)31(35)32-26-14-8-7-9-15-26/h7-11,14-21H,3-6,12-13,22-24H2,1-2H3,(H,32,35). The van der Waals surface area contributed by atoms with Crippen molar-refractivity contribution < 1.29 is 19.1 Å². The van der Waals surface area contributed by atoms with Crippen molar-refractivity contribution in [3.8, 4) is 5.75 Å². The molecule has 0 aliphatic carbocycles. The largest absolute Gasteiger partial charge is 0.493 e. The molecule has 6 heteroatoms. The van der Waals surface area contributed by atoms with Crippen molar-refractivity contribution in [2.24, 2.45) is 0 Å². The molecule has 0 spiro atoms. The Kier molecular flexibility index (Phi) is 11.5. The fourth-order valence-electron chi connectivity index (χ4n) is 3.91. The summed E-state index contributed by atoms with van der Waals surface area (Å²) >= 11 is 0. The molecule has 0 atom stereocenters. The predicted molar refractivity (Wildman–Crippen MR) is 149 cm³/mol. The van der Waals surface area contributed by atoms with Gasteiger partial charge in [0.15, 0.2) is 0 Å². The van der Waals surface area contributed by atoms with E-state index in [-0.39, 0.29) is 11.9 Å². The molecule has 0 aliphatic heterocycles. The molecule has 0 heterocycles. The number of nitrogens with one attached hydrogen (secondary N) is 1. The van der Waals surface area contributed by atoms with E-state index in [9.17, 15) is 9.59 Å². The highest BCUT2D eigenvalue weighted by atomic mass is 16.5. The van der Waals surface area contributed by atoms with Gasteiger partial charge >= 0.3 is 5.97 Å². The Morgan fingerprint density at radius 2 is 1.35 bits per heavy atom. The lowest BCUT2D eigenvalue weighted by Crippen LogP contribution is -2.13. The minimum atomic E-state index is -0.176. The summed E-state index contributed by atoms with van der Waals surface area (Å²) in [5.74, 6) is 0.253. The van der Waals surface area contributed by atoms with E-state index in [1.165, 1.54) is 0 Å². The van der Waals surface area contributed by atoms with Crippen molar-refractivity contribution in [1.29, 1.82) is 0 Å². The third kappa shape index (κ3) is 10.00. The van der Waals surface area contributed by atoms with Crippen LogP contribution in [0, 0.1) is 0 Å². The molecule has 0 unspecified atom stereocenters. The van der Waals surface area contributed by atoms with Crippen molar-refractivity contribution in [1.82, 2.24) is 0 Å². The smallest absolute Gasteiger partial charge is 0.310 e. The van der Waals surface area contributed by atoms with Crippen molar-refractivity contribution in [3.63, 3.8) is 0 Å². The van der Waals surface area contributed by atoms with E-state index in [1.807, 2.05) is 91.8 Å². The molecule has 6 nitrogen and oxygen atoms in total. The van der Waals surface area contributed by atoms with E-state index < -0.39 is 0 Å². The van der Waals surface area contributed by atoms with Crippen LogP contribution >= 0.6 is 0 Å². The first-order chi connectivity index (χ1) is 18.0. The fourth-order valence-corrected chi connectivity index (χ4v) is 3.91. The zero-order valence-electron chi connectivity index (χ0n) is 21.9. The van der Waals surface area contributed by atoms with Gasteiger partial charge in [-0.2, -0.15) is 0 Å². The third-order valence-corrected chi connectivity index (χ3v) is 6.02. The number of rotatable bonds is 15. The van der Waals surface area contributed by atoms with Crippen LogP contribution in [0.2, 0.25) is 0 Å². The second-order valence-electron chi connectivity index (χ2n) is 9.24. The first-order valence-electron chi connectivity index (χ1n) is 13.0. The van der Waals surface area contributed by atoms with Gasteiger partial charge in [0.1, 0.15) is 5.75 Å². The molecule has 0 aromatic heterocycles. The van der Waals surface area contributed by atoms with Crippen LogP contribution in [-0.2, 0) is 16.0 Å². The molecule has 0 fully saturated rings. The van der Waals surface area contributed by atoms with Crippen molar-refractivity contribution >= 4 is 23.3 Å². The number of hydrogen-bond donors (Lipinski definition) is 1. The summed E-state index contributed by atoms with van der Waals surface area (Å²) in [4.78, 5) is 26.7. The van der Waals surface area contributed by atoms with E-state index in [2.05, 4.69) is 5.32 Å². The van der Waals surface area contributed by atoms with Crippen molar-refractivity contribution in [3.05, 3.63) is 90.0 Å². The van der Waals surface area contributed by atoms with E-state index in [1.54, 1.807) is 6.07 Å². The molecule has 3 aromatic rings. The third-order valence-electron chi connectivity index (χ3n) is 6.02. The Morgan fingerprint density at radius 1 is 0.730 bits per heavy atom. The summed E-state index contributed by atoms with van der Waals surface area (Å²) in [6, 6.07) is 24.7. The molecule has 1 N–H and O–H groups in total. The molecule has 3 aromatic carbocycles. The van der Waals surface area contributed by atoms with E-state index in [0.29, 0.717) is 30.9 Å². The highest BCUT2D eigenvalue weighted by molar-refractivity contribution is 6.06. The topological polar surface area (TPSA) is 67.9 Å². The Labute approximate surface area is 220 Å². The van der Waals surface area contributed by atoms with Crippen molar-refractivity contribution in [2.45, 2.75) is 44.9 Å². The Balaban J connectivity index is 1.23. The van der Waals surface area contributed by atoms with Gasteiger partial charge < -0.3 is 19.7 Å². The first kappa shape index (κ1) is 27.8. The number of esters is 1. The number of anilines is 2. The Hall–Kier alpha value is -3.80. The molecule has 0 aliphatic rings. The molecule has 3 rings (SSSR count). The number of carbonyl (C=O) groups excluding carboxylic acids is 2. The lowest BCUT2D eigenvalue weighted by molar-refractivity contribution is -0.142. The van der Waals surface area contributed by atoms with Crippen LogP contribution < -0.4 is 15.0 Å². The van der Waals surface area contributed by atoms with Gasteiger partial charge in [-0.25, -0.2) is 0 Å². The van der Waals surface area contributed by atoms with Gasteiger partial charge in [-0.3, -0.25) is 9.59 Å². The van der Waals surface area contributed by atoms with E-state index in [0.717, 1.165) is 55.5 Å².